The number of nitrogens with zero attached hydrogens (tertiary/aromatic N) is 1. The van der Waals surface area contributed by atoms with E-state index in [2.05, 4.69) is 0 Å². The second kappa shape index (κ2) is 9.25. The molecule has 1 amide bonds. The highest BCUT2D eigenvalue weighted by Crippen LogP contribution is 2.42. The van der Waals surface area contributed by atoms with Crippen molar-refractivity contribution < 1.29 is 34.1 Å². The smallest absolute Gasteiger partial charge is 0.290 e. The maximum atomic E-state index is 12.6. The van der Waals surface area contributed by atoms with Gasteiger partial charge in [-0.3, -0.25) is 9.59 Å². The molecule has 1 aromatic rings. The molecule has 1 N–H and O–H groups in total. The highest BCUT2D eigenvalue weighted by Gasteiger charge is 2.43. The molecule has 2 rings (SSSR count). The Bertz CT molecular complexity index is 800. The molecule has 1 aromatic carbocycles. The van der Waals surface area contributed by atoms with Gasteiger partial charge in [-0.2, -0.15) is 0 Å². The molecular formula is C20H24NO7-. The van der Waals surface area contributed by atoms with Gasteiger partial charge in [-0.1, -0.05) is 6.42 Å². The third kappa shape index (κ3) is 4.44. The van der Waals surface area contributed by atoms with Gasteiger partial charge in [0.25, 0.3) is 5.91 Å². The molecule has 1 aliphatic heterocycles. The Labute approximate surface area is 163 Å². The van der Waals surface area contributed by atoms with Crippen LogP contribution < -0.4 is 14.6 Å². The highest BCUT2D eigenvalue weighted by atomic mass is 16.5. The predicted octanol–water partition coefficient (Wildman–Crippen LogP) is 1.30. The number of methoxy groups -OCH3 is 2. The van der Waals surface area contributed by atoms with Gasteiger partial charge in [0.1, 0.15) is 11.5 Å². The number of ketones is 1. The average molecular weight is 390 g/mol. The summed E-state index contributed by atoms with van der Waals surface area (Å²) in [6.45, 7) is 1.55. The molecule has 8 nitrogen and oxygen atoms in total. The van der Waals surface area contributed by atoms with Gasteiger partial charge in [0, 0.05) is 24.1 Å². The Kier molecular flexibility index (Phi) is 7.03. The maximum Gasteiger partial charge on any atom is 0.290 e. The number of benzene rings is 1. The van der Waals surface area contributed by atoms with Crippen LogP contribution in [0.1, 0.15) is 44.2 Å². The van der Waals surface area contributed by atoms with Crippen molar-refractivity contribution >= 4 is 17.7 Å². The van der Waals surface area contributed by atoms with Crippen molar-refractivity contribution in [2.45, 2.75) is 38.6 Å². The van der Waals surface area contributed by atoms with E-state index in [1.807, 2.05) is 0 Å². The van der Waals surface area contributed by atoms with Crippen LogP contribution >= 0.6 is 0 Å². The summed E-state index contributed by atoms with van der Waals surface area (Å²) < 4.78 is 10.6. The molecule has 0 aromatic heterocycles. The molecule has 8 heteroatoms. The Morgan fingerprint density at radius 1 is 1.18 bits per heavy atom. The van der Waals surface area contributed by atoms with E-state index >= 15 is 0 Å². The first-order valence-corrected chi connectivity index (χ1v) is 8.98. The van der Waals surface area contributed by atoms with Crippen LogP contribution in [0, 0.1) is 0 Å². The SMILES string of the molecule is COc1ccc([C@H]2C(C(C)=O)=C(O)C(=O)N2CCCCCC(=O)[O-])c(OC)c1. The van der Waals surface area contributed by atoms with Gasteiger partial charge in [-0.15, -0.1) is 0 Å². The third-order valence-electron chi connectivity index (χ3n) is 4.70. The van der Waals surface area contributed by atoms with Crippen molar-refractivity contribution in [3.8, 4) is 11.5 Å². The summed E-state index contributed by atoms with van der Waals surface area (Å²) in [5, 5.41) is 20.8. The first-order chi connectivity index (χ1) is 13.3. The van der Waals surface area contributed by atoms with Gasteiger partial charge in [0.2, 0.25) is 0 Å². The van der Waals surface area contributed by atoms with Crippen molar-refractivity contribution in [3.63, 3.8) is 0 Å². The van der Waals surface area contributed by atoms with Gasteiger partial charge >= 0.3 is 0 Å². The molecule has 152 valence electrons. The second-order valence-electron chi connectivity index (χ2n) is 6.51. The summed E-state index contributed by atoms with van der Waals surface area (Å²) in [6.07, 6.45) is 1.47. The zero-order valence-corrected chi connectivity index (χ0v) is 16.2. The molecule has 28 heavy (non-hydrogen) atoms. The van der Waals surface area contributed by atoms with E-state index in [-0.39, 0.29) is 18.5 Å². The minimum Gasteiger partial charge on any atom is -0.550 e. The van der Waals surface area contributed by atoms with E-state index in [4.69, 9.17) is 9.47 Å². The topological polar surface area (TPSA) is 116 Å². The van der Waals surface area contributed by atoms with Gasteiger partial charge < -0.3 is 29.4 Å². The lowest BCUT2D eigenvalue weighted by Crippen LogP contribution is -2.32. The lowest BCUT2D eigenvalue weighted by Gasteiger charge is -2.28. The molecule has 0 unspecified atom stereocenters. The van der Waals surface area contributed by atoms with E-state index in [1.54, 1.807) is 18.2 Å². The van der Waals surface area contributed by atoms with E-state index in [0.717, 1.165) is 0 Å². The Morgan fingerprint density at radius 2 is 1.89 bits per heavy atom. The molecule has 0 saturated carbocycles. The number of aliphatic hydroxyl groups excluding tert-OH is 1. The number of hydrogen-bond acceptors (Lipinski definition) is 7. The lowest BCUT2D eigenvalue weighted by molar-refractivity contribution is -0.305. The molecule has 0 spiro atoms. The number of Topliss-reactive ketones (excluding diaryl/α,β-unsaturated/α-hetero) is 1. The first kappa shape index (κ1) is 21.3. The normalized spacial score (nSPS) is 16.5. The number of carbonyl (C=O) groups excluding carboxylic acids is 3. The number of hydrogen-bond donors (Lipinski definition) is 1. The predicted molar refractivity (Wildman–Crippen MR) is 97.8 cm³/mol. The average Bonchev–Trinajstić information content (AvgIpc) is 2.91. The minimum absolute atomic E-state index is 0.0169. The molecular weight excluding hydrogens is 366 g/mol. The van der Waals surface area contributed by atoms with Gasteiger partial charge in [-0.05, 0) is 38.3 Å². The van der Waals surface area contributed by atoms with Crippen LogP contribution in [0.4, 0.5) is 0 Å². The lowest BCUT2D eigenvalue weighted by atomic mass is 9.95. The second-order valence-corrected chi connectivity index (χ2v) is 6.51. The van der Waals surface area contributed by atoms with E-state index in [0.29, 0.717) is 36.3 Å². The molecule has 0 fully saturated rings. The number of carbonyl (C=O) groups is 3. The standard InChI is InChI=1S/C20H25NO7/c1-12(22)17-18(14-9-8-13(27-2)11-15(14)28-3)21(20(26)19(17)25)10-6-4-5-7-16(23)24/h8-9,11,18,25H,4-7,10H2,1-3H3,(H,23,24)/p-1/t18-/m0/s1. The van der Waals surface area contributed by atoms with Crippen LogP contribution in [-0.4, -0.2) is 48.4 Å². The fraction of sp³-hybridized carbons (Fsp3) is 0.450. The molecule has 0 aliphatic carbocycles. The largest absolute Gasteiger partial charge is 0.550 e. The quantitative estimate of drug-likeness (QED) is 0.599. The summed E-state index contributed by atoms with van der Waals surface area (Å²) in [5.74, 6) is -1.74. The summed E-state index contributed by atoms with van der Waals surface area (Å²) in [6, 6.07) is 4.24. The molecule has 1 atom stereocenters. The Balaban J connectivity index is 2.33. The Morgan fingerprint density at radius 3 is 2.46 bits per heavy atom. The number of ether oxygens (including phenoxy) is 2. The van der Waals surface area contributed by atoms with E-state index < -0.39 is 29.5 Å². The number of rotatable bonds is 10. The van der Waals surface area contributed by atoms with Crippen molar-refractivity contribution in [3.05, 3.63) is 35.1 Å². The van der Waals surface area contributed by atoms with Crippen molar-refractivity contribution in [2.75, 3.05) is 20.8 Å². The zero-order valence-electron chi connectivity index (χ0n) is 16.2. The molecule has 0 bridgehead atoms. The number of unbranched alkanes of at least 4 members (excludes halogenated alkanes) is 2. The molecule has 1 heterocycles. The summed E-state index contributed by atoms with van der Waals surface area (Å²) in [7, 11) is 2.98. The summed E-state index contributed by atoms with van der Waals surface area (Å²) >= 11 is 0. The number of aliphatic hydroxyl groups is 1. The molecule has 0 radical (unpaired) electrons. The molecule has 0 saturated heterocycles. The summed E-state index contributed by atoms with van der Waals surface area (Å²) in [5.41, 5.74) is 0.573. The minimum atomic E-state index is -1.11. The van der Waals surface area contributed by atoms with Crippen LogP contribution in [0.3, 0.4) is 0 Å². The highest BCUT2D eigenvalue weighted by molar-refractivity contribution is 6.08. The zero-order chi connectivity index (χ0) is 20.8. The van der Waals surface area contributed by atoms with Crippen LogP contribution in [0.2, 0.25) is 0 Å². The fourth-order valence-electron chi connectivity index (χ4n) is 3.34. The first-order valence-electron chi connectivity index (χ1n) is 8.98. The van der Waals surface area contributed by atoms with Gasteiger partial charge in [0.05, 0.1) is 25.8 Å². The third-order valence-corrected chi connectivity index (χ3v) is 4.70. The van der Waals surface area contributed by atoms with E-state index in [9.17, 15) is 24.6 Å². The Hall–Kier alpha value is -3.03. The van der Waals surface area contributed by atoms with Crippen molar-refractivity contribution in [1.82, 2.24) is 4.90 Å². The van der Waals surface area contributed by atoms with E-state index in [1.165, 1.54) is 26.0 Å². The van der Waals surface area contributed by atoms with Crippen LogP contribution in [-0.2, 0) is 14.4 Å². The number of amides is 1. The van der Waals surface area contributed by atoms with Crippen molar-refractivity contribution in [1.29, 1.82) is 0 Å². The van der Waals surface area contributed by atoms with Crippen LogP contribution in [0.5, 0.6) is 11.5 Å². The number of carboxylic acids is 1. The fourth-order valence-corrected chi connectivity index (χ4v) is 3.34. The monoisotopic (exact) mass is 390 g/mol. The van der Waals surface area contributed by atoms with Crippen LogP contribution in [0.25, 0.3) is 0 Å². The van der Waals surface area contributed by atoms with Crippen LogP contribution in [0.15, 0.2) is 29.5 Å². The van der Waals surface area contributed by atoms with Crippen molar-refractivity contribution in [2.24, 2.45) is 0 Å². The maximum absolute atomic E-state index is 12.6. The number of carboxylic acid groups (broad SMARTS) is 1. The summed E-state index contributed by atoms with van der Waals surface area (Å²) in [4.78, 5) is 36.7. The molecule has 1 aliphatic rings. The number of aliphatic carboxylic acids is 1. The van der Waals surface area contributed by atoms with Gasteiger partial charge in [0.15, 0.2) is 11.5 Å². The van der Waals surface area contributed by atoms with Gasteiger partial charge in [-0.25, -0.2) is 0 Å².